The van der Waals surface area contributed by atoms with Crippen LogP contribution in [-0.2, 0) is 23.1 Å². The first-order chi connectivity index (χ1) is 19.6. The molecule has 2 fully saturated rings. The van der Waals surface area contributed by atoms with E-state index in [1.165, 1.54) is 28.1 Å². The van der Waals surface area contributed by atoms with Crippen molar-refractivity contribution in [3.05, 3.63) is 29.3 Å². The lowest BCUT2D eigenvalue weighted by Gasteiger charge is -2.24. The van der Waals surface area contributed by atoms with Gasteiger partial charge in [0.2, 0.25) is 5.95 Å². The summed E-state index contributed by atoms with van der Waals surface area (Å²) in [7, 11) is 0. The Balaban J connectivity index is 1.16. The van der Waals surface area contributed by atoms with Crippen LogP contribution in [0.1, 0.15) is 18.9 Å². The van der Waals surface area contributed by atoms with Crippen molar-refractivity contribution in [1.82, 2.24) is 39.0 Å². The van der Waals surface area contributed by atoms with Crippen molar-refractivity contribution in [3.8, 4) is 0 Å². The van der Waals surface area contributed by atoms with Gasteiger partial charge in [0.25, 0.3) is 5.56 Å². The number of imidazole rings is 2. The van der Waals surface area contributed by atoms with E-state index in [2.05, 4.69) is 42.2 Å². The number of fused-ring (bicyclic) bond motifs is 2. The number of nitrogens with two attached hydrogens (primary N) is 2. The average molecular weight is 613 g/mol. The molecule has 2 aliphatic rings. The zero-order chi connectivity index (χ0) is 29.1. The Kier molecular flexibility index (Phi) is 7.20. The Labute approximate surface area is 234 Å². The van der Waals surface area contributed by atoms with Crippen molar-refractivity contribution in [1.29, 1.82) is 0 Å². The number of aromatic amines is 1. The minimum absolute atomic E-state index is 0.0143. The van der Waals surface area contributed by atoms with Gasteiger partial charge in [0, 0.05) is 6.42 Å². The van der Waals surface area contributed by atoms with E-state index in [1.807, 2.05) is 0 Å². The lowest BCUT2D eigenvalue weighted by molar-refractivity contribution is -0.0550. The first-order valence-electron chi connectivity index (χ1n) is 12.1. The number of H-pyrrole nitrogens is 1. The van der Waals surface area contributed by atoms with Crippen molar-refractivity contribution >= 4 is 53.1 Å². The van der Waals surface area contributed by atoms with E-state index in [4.69, 9.17) is 30.0 Å². The lowest BCUT2D eigenvalue weighted by Crippen LogP contribution is -2.33. The fourth-order valence-electron chi connectivity index (χ4n) is 4.82. The molecule has 6 rings (SSSR count). The van der Waals surface area contributed by atoms with Gasteiger partial charge in [0.1, 0.15) is 36.3 Å². The predicted octanol–water partition coefficient (Wildman–Crippen LogP) is -1.54. The molecule has 8 atom stereocenters. The fourth-order valence-corrected chi connectivity index (χ4v) is 6.32. The number of aliphatic hydroxyl groups excluding tert-OH is 3. The third-order valence-corrected chi connectivity index (χ3v) is 8.38. The molecule has 2 aliphatic heterocycles. The highest BCUT2D eigenvalue weighted by atomic mass is 32.7. The molecule has 0 spiro atoms. The zero-order valence-corrected chi connectivity index (χ0v) is 22.7. The number of aromatic nitrogens is 8. The lowest BCUT2D eigenvalue weighted by atomic mass is 10.1. The van der Waals surface area contributed by atoms with Crippen molar-refractivity contribution in [2.24, 2.45) is 0 Å². The number of hydrogen-bond acceptors (Lipinski definition) is 16. The molecule has 4 aromatic rings. The van der Waals surface area contributed by atoms with E-state index in [1.54, 1.807) is 0 Å². The molecule has 220 valence electrons. The van der Waals surface area contributed by atoms with E-state index >= 15 is 0 Å². The predicted molar refractivity (Wildman–Crippen MR) is 141 cm³/mol. The fraction of sp³-hybridized carbons (Fsp3) is 0.500. The van der Waals surface area contributed by atoms with Gasteiger partial charge in [-0.05, 0) is 0 Å². The van der Waals surface area contributed by atoms with Gasteiger partial charge in [-0.2, -0.15) is 4.98 Å². The van der Waals surface area contributed by atoms with E-state index in [9.17, 15) is 24.7 Å². The second-order valence-electron chi connectivity index (χ2n) is 9.38. The number of nitrogen functional groups attached to an aromatic ring is 2. The summed E-state index contributed by atoms with van der Waals surface area (Å²) < 4.78 is 38.7. The number of anilines is 2. The van der Waals surface area contributed by atoms with Gasteiger partial charge >= 0.3 is 6.80 Å². The number of nitrogens with zero attached hydrogens (tertiary/aromatic N) is 7. The van der Waals surface area contributed by atoms with Crippen molar-refractivity contribution in [3.63, 3.8) is 0 Å². The summed E-state index contributed by atoms with van der Waals surface area (Å²) in [6, 6.07) is 0. The number of rotatable bonds is 8. The first-order valence-corrected chi connectivity index (χ1v) is 14.8. The van der Waals surface area contributed by atoms with Crippen molar-refractivity contribution < 1.29 is 38.4 Å². The van der Waals surface area contributed by atoms with Gasteiger partial charge in [0.05, 0.1) is 32.0 Å². The minimum atomic E-state index is -4.16. The molecule has 0 aromatic carbocycles. The van der Waals surface area contributed by atoms with Crippen LogP contribution >= 0.6 is 19.0 Å². The normalized spacial score (nSPS) is 29.9. The maximum absolute atomic E-state index is 13.3. The molecular weight excluding hydrogens is 587 g/mol. The molecule has 0 bridgehead atoms. The molecule has 0 radical (unpaired) electrons. The van der Waals surface area contributed by atoms with E-state index in [-0.39, 0.29) is 47.1 Å². The van der Waals surface area contributed by atoms with Crippen LogP contribution in [0.25, 0.3) is 22.3 Å². The monoisotopic (exact) mass is 612 g/mol. The quantitative estimate of drug-likeness (QED) is 0.0877. The molecule has 0 unspecified atom stereocenters. The summed E-state index contributed by atoms with van der Waals surface area (Å²) in [4.78, 5) is 34.8. The molecule has 8 N–H and O–H groups in total. The highest BCUT2D eigenvalue weighted by Gasteiger charge is 2.46. The Morgan fingerprint density at radius 2 is 1.80 bits per heavy atom. The maximum atomic E-state index is 13.3. The van der Waals surface area contributed by atoms with Gasteiger partial charge in [0.15, 0.2) is 35.1 Å². The highest BCUT2D eigenvalue weighted by Crippen LogP contribution is 2.57. The van der Waals surface area contributed by atoms with Crippen molar-refractivity contribution in [2.75, 3.05) is 24.7 Å². The summed E-state index contributed by atoms with van der Waals surface area (Å²) in [5, 5.41) is 30.9. The Morgan fingerprint density at radius 1 is 1.07 bits per heavy atom. The highest BCUT2D eigenvalue weighted by molar-refractivity contribution is 8.44. The average Bonchev–Trinajstić information content (AvgIpc) is 3.69. The smallest absolute Gasteiger partial charge is 0.386 e. The molecule has 6 heterocycles. The van der Waals surface area contributed by atoms with Crippen LogP contribution < -0.4 is 17.0 Å². The molecule has 2 saturated heterocycles. The number of aliphatic hydroxyl groups is 3. The molecule has 0 aliphatic carbocycles. The second kappa shape index (κ2) is 10.6. The van der Waals surface area contributed by atoms with Crippen LogP contribution in [0, 0.1) is 0 Å². The van der Waals surface area contributed by atoms with Crippen LogP contribution in [0.4, 0.5) is 11.8 Å². The van der Waals surface area contributed by atoms with Crippen LogP contribution in [0.5, 0.6) is 0 Å². The van der Waals surface area contributed by atoms with Crippen molar-refractivity contribution in [2.45, 2.75) is 49.4 Å². The van der Waals surface area contributed by atoms with Gasteiger partial charge in [-0.3, -0.25) is 28.0 Å². The Morgan fingerprint density at radius 3 is 2.56 bits per heavy atom. The first kappa shape index (κ1) is 27.9. The molecule has 4 aromatic heterocycles. The van der Waals surface area contributed by atoms with Gasteiger partial charge in [-0.1, -0.05) is 12.2 Å². The maximum Gasteiger partial charge on any atom is 0.386 e. The molecule has 0 amide bonds. The number of thiol groups is 1. The summed E-state index contributed by atoms with van der Waals surface area (Å²) in [6.45, 7) is -5.03. The van der Waals surface area contributed by atoms with Crippen LogP contribution in [-0.4, -0.2) is 98.1 Å². The summed E-state index contributed by atoms with van der Waals surface area (Å²) in [5.41, 5.74) is 11.5. The molecule has 41 heavy (non-hydrogen) atoms. The summed E-state index contributed by atoms with van der Waals surface area (Å²) in [5.74, 6) is -0.0287. The van der Waals surface area contributed by atoms with Crippen LogP contribution in [0.2, 0.25) is 0 Å². The number of hydrogen-bond donors (Lipinski definition) is 7. The van der Waals surface area contributed by atoms with E-state index in [0.29, 0.717) is 0 Å². The second-order valence-corrected chi connectivity index (χ2v) is 12.3. The largest absolute Gasteiger partial charge is 0.394 e. The number of ether oxygens (including phenoxy) is 2. The molecule has 21 heteroatoms. The van der Waals surface area contributed by atoms with Gasteiger partial charge < -0.3 is 36.3 Å². The summed E-state index contributed by atoms with van der Waals surface area (Å²) >= 11 is 4.06. The topological polar surface area (TPSA) is 274 Å². The van der Waals surface area contributed by atoms with Crippen LogP contribution in [0.15, 0.2) is 23.8 Å². The van der Waals surface area contributed by atoms with Crippen LogP contribution in [0.3, 0.4) is 0 Å². The zero-order valence-electron chi connectivity index (χ0n) is 20.9. The Hall–Kier alpha value is -3.20. The summed E-state index contributed by atoms with van der Waals surface area (Å²) in [6.07, 6.45) is -3.96. The Bertz CT molecular complexity index is 1700. The molecular formula is C20H25N10O9PS. The van der Waals surface area contributed by atoms with Gasteiger partial charge in [-0.15, -0.1) is 0 Å². The molecule has 0 saturated carbocycles. The minimum Gasteiger partial charge on any atom is -0.394 e. The van der Waals surface area contributed by atoms with E-state index < -0.39 is 61.9 Å². The third kappa shape index (κ3) is 5.07. The third-order valence-electron chi connectivity index (χ3n) is 6.74. The SMILES string of the molecule is Nc1nc2c(ncn2[C@@H]2O[C@H](CO)C[C@@H]2O[P@](=O)(S)OC[C@H]2O[C@@H](n3cnc4c(N)ncnc43)[C@@H](O)[C@H]2O)c(=O)[nH]1. The molecule has 19 nitrogen and oxygen atoms in total. The number of nitrogens with one attached hydrogen (secondary N) is 1. The van der Waals surface area contributed by atoms with E-state index in [0.717, 1.165) is 0 Å². The standard InChI is InChI=1S/C20H25N10O9PS/c21-14-10-15(24-4-23-14)29(5-25-10)19-13(33)12(32)9(38-19)3-36-40(35,41)39-8-1-7(2-31)37-18(8)30-6-26-11-16(30)27-20(22)28-17(11)34/h4-9,12-13,18-19,31-33H,1-3H2,(H,35,41)(H2,21,23,24)(H3,22,27,28,34)/t7-,8-,9+,12-,13-,18+,19+,40+/m0/s1. The van der Waals surface area contributed by atoms with Gasteiger partial charge in [-0.25, -0.2) is 24.5 Å².